The molecule has 0 saturated heterocycles. The normalized spacial score (nSPS) is 13.1. The van der Waals surface area contributed by atoms with Crippen LogP contribution in [0.3, 0.4) is 0 Å². The largest absolute Gasteiger partial charge is 0.508 e. The van der Waals surface area contributed by atoms with Crippen LogP contribution in [0.5, 0.6) is 5.75 Å². The van der Waals surface area contributed by atoms with Crippen molar-refractivity contribution in [3.63, 3.8) is 0 Å². The molecule has 5 heteroatoms. The fourth-order valence-electron chi connectivity index (χ4n) is 0.881. The van der Waals surface area contributed by atoms with E-state index in [-0.39, 0.29) is 17.6 Å². The number of phenolic OH excluding ortho intramolecular Hbond substituents is 1. The van der Waals surface area contributed by atoms with Crippen LogP contribution in [0.4, 0.5) is 5.69 Å². The molecule has 2 rings (SSSR count). The number of hydrogen-bond acceptors (Lipinski definition) is 4. The molecule has 0 fully saturated rings. The van der Waals surface area contributed by atoms with E-state index >= 15 is 0 Å². The number of aromatic hydroxyl groups is 1. The maximum atomic E-state index is 10.0. The lowest BCUT2D eigenvalue weighted by Crippen LogP contribution is -2.19. The highest BCUT2D eigenvalue weighted by Crippen LogP contribution is 2.10. The Morgan fingerprint density at radius 2 is 1.73 bits per heavy atom. The van der Waals surface area contributed by atoms with Gasteiger partial charge in [0.2, 0.25) is 0 Å². The van der Waals surface area contributed by atoms with Crippen LogP contribution >= 0.6 is 0 Å². The number of rotatable bonds is 0. The lowest BCUT2D eigenvalue weighted by atomic mass is 10.3. The highest BCUT2D eigenvalue weighted by molar-refractivity contribution is 6.12. The number of amides is 2. The van der Waals surface area contributed by atoms with Gasteiger partial charge in [0.15, 0.2) is 0 Å². The molecule has 1 aromatic carbocycles. The summed E-state index contributed by atoms with van der Waals surface area (Å²) in [7, 11) is 0. The Morgan fingerprint density at radius 1 is 1.13 bits per heavy atom. The average Bonchev–Trinajstić information content (AvgIpc) is 2.50. The molecule has 0 unspecified atom stereocenters. The van der Waals surface area contributed by atoms with Crippen LogP contribution in [0.2, 0.25) is 0 Å². The third kappa shape index (κ3) is 3.95. The van der Waals surface area contributed by atoms with Gasteiger partial charge in [-0.25, -0.2) is 0 Å². The summed E-state index contributed by atoms with van der Waals surface area (Å²) in [5.41, 5.74) is 5.89. The van der Waals surface area contributed by atoms with Crippen molar-refractivity contribution in [2.75, 3.05) is 5.73 Å². The van der Waals surface area contributed by atoms with Crippen molar-refractivity contribution in [3.05, 3.63) is 36.4 Å². The maximum Gasteiger partial charge on any atom is 0.250 e. The van der Waals surface area contributed by atoms with Gasteiger partial charge >= 0.3 is 0 Å². The highest BCUT2D eigenvalue weighted by Gasteiger charge is 2.06. The van der Waals surface area contributed by atoms with E-state index in [0.29, 0.717) is 5.69 Å². The maximum absolute atomic E-state index is 10.0. The number of benzene rings is 1. The van der Waals surface area contributed by atoms with Crippen LogP contribution in [-0.2, 0) is 9.59 Å². The van der Waals surface area contributed by atoms with E-state index in [1.807, 2.05) is 5.32 Å². The molecule has 0 bridgehead atoms. The van der Waals surface area contributed by atoms with Crippen LogP contribution in [-0.4, -0.2) is 16.9 Å². The van der Waals surface area contributed by atoms with Crippen molar-refractivity contribution in [3.8, 4) is 5.75 Å². The number of anilines is 1. The molecule has 5 nitrogen and oxygen atoms in total. The number of nitrogens with one attached hydrogen (secondary N) is 1. The summed E-state index contributed by atoms with van der Waals surface area (Å²) in [5.74, 6) is -0.444. The molecule has 15 heavy (non-hydrogen) atoms. The van der Waals surface area contributed by atoms with Gasteiger partial charge < -0.3 is 10.8 Å². The summed E-state index contributed by atoms with van der Waals surface area (Å²) in [6.07, 6.45) is 2.39. The molecule has 1 aromatic rings. The number of phenols is 1. The van der Waals surface area contributed by atoms with E-state index in [1.54, 1.807) is 18.2 Å². The molecule has 0 spiro atoms. The van der Waals surface area contributed by atoms with Gasteiger partial charge in [-0.05, 0) is 12.1 Å². The van der Waals surface area contributed by atoms with Gasteiger partial charge in [-0.15, -0.1) is 0 Å². The Hall–Kier alpha value is -2.30. The third-order valence-electron chi connectivity index (χ3n) is 1.50. The van der Waals surface area contributed by atoms with Crippen LogP contribution in [0.25, 0.3) is 0 Å². The predicted octanol–water partition coefficient (Wildman–Crippen LogP) is 0.173. The standard InChI is InChI=1S/C6H7NO.C4H3NO2/c7-5-2-1-3-6(8)4-5;6-3-1-2-4(7)5-3/h1-4,8H,7H2;1-2H,(H,5,6,7). The number of carbonyl (C=O) groups excluding carboxylic acids is 2. The Balaban J connectivity index is 0.000000151. The summed E-state index contributed by atoms with van der Waals surface area (Å²) in [6, 6.07) is 6.50. The Kier molecular flexibility index (Phi) is 3.45. The molecular formula is C10H10N2O3. The first kappa shape index (κ1) is 10.8. The van der Waals surface area contributed by atoms with E-state index in [2.05, 4.69) is 0 Å². The summed E-state index contributed by atoms with van der Waals surface area (Å²) < 4.78 is 0. The fourth-order valence-corrected chi connectivity index (χ4v) is 0.881. The molecule has 0 saturated carbocycles. The number of nitrogen functional groups attached to an aromatic ring is 1. The second kappa shape index (κ2) is 4.80. The van der Waals surface area contributed by atoms with Crippen LogP contribution < -0.4 is 11.1 Å². The molecular weight excluding hydrogens is 196 g/mol. The summed E-state index contributed by atoms with van der Waals surface area (Å²) >= 11 is 0. The number of hydrogen-bond donors (Lipinski definition) is 3. The summed E-state index contributed by atoms with van der Waals surface area (Å²) in [4.78, 5) is 20.1. The van der Waals surface area contributed by atoms with Crippen molar-refractivity contribution < 1.29 is 14.7 Å². The SMILES string of the molecule is Nc1cccc(O)c1.O=C1C=CC(=O)N1. The molecule has 2 amide bonds. The molecule has 1 aliphatic heterocycles. The lowest BCUT2D eigenvalue weighted by Gasteiger charge is -1.90. The first-order valence-electron chi connectivity index (χ1n) is 4.15. The first-order chi connectivity index (χ1) is 7.08. The third-order valence-corrected chi connectivity index (χ3v) is 1.50. The van der Waals surface area contributed by atoms with Gasteiger partial charge in [0, 0.05) is 23.9 Å². The second-order valence-corrected chi connectivity index (χ2v) is 2.78. The molecule has 78 valence electrons. The topological polar surface area (TPSA) is 92.4 Å². The zero-order valence-corrected chi connectivity index (χ0v) is 7.81. The van der Waals surface area contributed by atoms with E-state index in [9.17, 15) is 9.59 Å². The Morgan fingerprint density at radius 3 is 2.00 bits per heavy atom. The van der Waals surface area contributed by atoms with E-state index < -0.39 is 0 Å². The van der Waals surface area contributed by atoms with Gasteiger partial charge in [0.25, 0.3) is 11.8 Å². The smallest absolute Gasteiger partial charge is 0.250 e. The van der Waals surface area contributed by atoms with Gasteiger partial charge in [-0.3, -0.25) is 14.9 Å². The molecule has 0 radical (unpaired) electrons. The molecule has 0 aromatic heterocycles. The monoisotopic (exact) mass is 206 g/mol. The lowest BCUT2D eigenvalue weighted by molar-refractivity contribution is -0.123. The Labute approximate surface area is 86.2 Å². The van der Waals surface area contributed by atoms with Crippen molar-refractivity contribution in [2.45, 2.75) is 0 Å². The van der Waals surface area contributed by atoms with Crippen molar-refractivity contribution in [1.29, 1.82) is 0 Å². The minimum Gasteiger partial charge on any atom is -0.508 e. The fraction of sp³-hybridized carbons (Fsp3) is 0. The van der Waals surface area contributed by atoms with Gasteiger partial charge in [0.05, 0.1) is 0 Å². The minimum absolute atomic E-state index is 0.213. The number of nitrogens with two attached hydrogens (primary N) is 1. The van der Waals surface area contributed by atoms with Crippen molar-refractivity contribution in [2.24, 2.45) is 0 Å². The van der Waals surface area contributed by atoms with Gasteiger partial charge in [-0.1, -0.05) is 6.07 Å². The van der Waals surface area contributed by atoms with E-state index in [4.69, 9.17) is 10.8 Å². The van der Waals surface area contributed by atoms with E-state index in [1.165, 1.54) is 18.2 Å². The van der Waals surface area contributed by atoms with Crippen LogP contribution in [0.15, 0.2) is 36.4 Å². The highest BCUT2D eigenvalue weighted by atomic mass is 16.3. The molecule has 4 N–H and O–H groups in total. The zero-order valence-electron chi connectivity index (χ0n) is 7.81. The molecule has 0 atom stereocenters. The number of imide groups is 1. The first-order valence-corrected chi connectivity index (χ1v) is 4.15. The minimum atomic E-state index is -0.329. The van der Waals surface area contributed by atoms with Crippen LogP contribution in [0, 0.1) is 0 Å². The average molecular weight is 206 g/mol. The van der Waals surface area contributed by atoms with Crippen molar-refractivity contribution in [1.82, 2.24) is 5.32 Å². The Bertz CT molecular complexity index is 380. The van der Waals surface area contributed by atoms with Gasteiger partial charge in [-0.2, -0.15) is 0 Å². The second-order valence-electron chi connectivity index (χ2n) is 2.78. The molecule has 1 heterocycles. The van der Waals surface area contributed by atoms with Crippen molar-refractivity contribution >= 4 is 17.5 Å². The van der Waals surface area contributed by atoms with Crippen LogP contribution in [0.1, 0.15) is 0 Å². The molecule has 1 aliphatic rings. The summed E-state index contributed by atoms with van der Waals surface area (Å²) in [5, 5.41) is 10.8. The number of carbonyl (C=O) groups is 2. The molecule has 0 aliphatic carbocycles. The summed E-state index contributed by atoms with van der Waals surface area (Å²) in [6.45, 7) is 0. The zero-order chi connectivity index (χ0) is 11.3. The van der Waals surface area contributed by atoms with Gasteiger partial charge in [0.1, 0.15) is 5.75 Å². The predicted molar refractivity (Wildman–Crippen MR) is 54.8 cm³/mol. The van der Waals surface area contributed by atoms with E-state index in [0.717, 1.165) is 0 Å². The quantitative estimate of drug-likeness (QED) is 0.417.